The Balaban J connectivity index is 1.46. The van der Waals surface area contributed by atoms with Crippen LogP contribution in [0.25, 0.3) is 0 Å². The predicted octanol–water partition coefficient (Wildman–Crippen LogP) is 3.04. The van der Waals surface area contributed by atoms with E-state index in [4.69, 9.17) is 4.74 Å². The van der Waals surface area contributed by atoms with Gasteiger partial charge in [0.05, 0.1) is 23.7 Å². The van der Waals surface area contributed by atoms with Gasteiger partial charge in [0.15, 0.2) is 0 Å². The zero-order valence-corrected chi connectivity index (χ0v) is 17.1. The summed E-state index contributed by atoms with van der Waals surface area (Å²) in [5.41, 5.74) is 1.96. The summed E-state index contributed by atoms with van der Waals surface area (Å²) >= 11 is 2.94. The first-order valence-corrected chi connectivity index (χ1v) is 10.5. The molecule has 3 rings (SSSR count). The van der Waals surface area contributed by atoms with Crippen LogP contribution in [0, 0.1) is 5.92 Å². The average molecular weight is 404 g/mol. The second-order valence-corrected chi connectivity index (χ2v) is 8.39. The number of fused-ring (bicyclic) bond motifs is 1. The number of para-hydroxylation sites is 1. The molecule has 1 atom stereocenters. The molecule has 0 spiro atoms. The Hall–Kier alpha value is -2.06. The first-order valence-electron chi connectivity index (χ1n) is 8.51. The van der Waals surface area contributed by atoms with Gasteiger partial charge in [0.1, 0.15) is 17.5 Å². The average Bonchev–Trinajstić information content (AvgIpc) is 2.94. The number of ether oxygens (including phenoxy) is 1. The summed E-state index contributed by atoms with van der Waals surface area (Å²) in [6.45, 7) is 4.36. The predicted molar refractivity (Wildman–Crippen MR) is 111 cm³/mol. The van der Waals surface area contributed by atoms with Crippen LogP contribution >= 0.6 is 23.5 Å². The van der Waals surface area contributed by atoms with Crippen LogP contribution in [0.4, 0.5) is 0 Å². The molecule has 1 aromatic carbocycles. The van der Waals surface area contributed by atoms with Crippen LogP contribution in [0.3, 0.4) is 0 Å². The van der Waals surface area contributed by atoms with Crippen molar-refractivity contribution in [2.75, 3.05) is 18.6 Å². The molecule has 142 valence electrons. The van der Waals surface area contributed by atoms with Crippen LogP contribution in [0.15, 0.2) is 44.7 Å². The molecule has 0 radical (unpaired) electrons. The number of nitrogens with one attached hydrogen (secondary N) is 1. The zero-order valence-electron chi connectivity index (χ0n) is 15.4. The normalized spacial score (nSPS) is 18.8. The first-order chi connectivity index (χ1) is 13.0. The molecule has 8 heteroatoms. The molecule has 1 aromatic rings. The van der Waals surface area contributed by atoms with Gasteiger partial charge in [-0.3, -0.25) is 9.59 Å². The summed E-state index contributed by atoms with van der Waals surface area (Å²) in [5, 5.41) is 3.68. The highest BCUT2D eigenvalue weighted by molar-refractivity contribution is 8.17. The maximum atomic E-state index is 12.2. The van der Waals surface area contributed by atoms with Crippen LogP contribution in [-0.4, -0.2) is 41.3 Å². The van der Waals surface area contributed by atoms with Crippen molar-refractivity contribution < 1.29 is 14.3 Å². The summed E-state index contributed by atoms with van der Waals surface area (Å²) in [5.74, 6) is 1.42. The number of hydrogen-bond donors (Lipinski definition) is 1. The third-order valence-electron chi connectivity index (χ3n) is 4.35. The number of hydrogen-bond acceptors (Lipinski definition) is 6. The molecule has 27 heavy (non-hydrogen) atoms. The molecular weight excluding hydrogens is 382 g/mol. The van der Waals surface area contributed by atoms with Gasteiger partial charge in [-0.05, 0) is 30.4 Å². The van der Waals surface area contributed by atoms with E-state index in [0.29, 0.717) is 18.1 Å². The van der Waals surface area contributed by atoms with Crippen LogP contribution in [-0.2, 0) is 16.1 Å². The monoisotopic (exact) mass is 403 g/mol. The first kappa shape index (κ1) is 19.7. The summed E-state index contributed by atoms with van der Waals surface area (Å²) in [4.78, 5) is 34.0. The van der Waals surface area contributed by atoms with Gasteiger partial charge in [-0.15, -0.1) is 11.8 Å². The molecule has 0 bridgehead atoms. The molecular formula is C19H21N3O3S2. The van der Waals surface area contributed by atoms with E-state index in [1.54, 1.807) is 18.9 Å². The van der Waals surface area contributed by atoms with Crippen molar-refractivity contribution in [3.8, 4) is 5.75 Å². The number of nitrogens with zero attached hydrogens (tertiary/aromatic N) is 2. The number of carbonyl (C=O) groups excluding carboxylic acids is 2. The number of aliphatic imine (C=N–C) groups is 2. The van der Waals surface area contributed by atoms with Gasteiger partial charge in [-0.25, -0.2) is 4.99 Å². The van der Waals surface area contributed by atoms with E-state index in [-0.39, 0.29) is 23.5 Å². The van der Waals surface area contributed by atoms with Crippen LogP contribution in [0.5, 0.6) is 5.75 Å². The van der Waals surface area contributed by atoms with E-state index in [1.807, 2.05) is 38.1 Å². The Morgan fingerprint density at radius 3 is 2.85 bits per heavy atom. The molecule has 1 N–H and O–H groups in total. The number of amides is 2. The molecule has 2 amide bonds. The Morgan fingerprint density at radius 1 is 1.30 bits per heavy atom. The van der Waals surface area contributed by atoms with Gasteiger partial charge in [-0.2, -0.15) is 4.99 Å². The Morgan fingerprint density at radius 2 is 2.07 bits per heavy atom. The molecule has 1 unspecified atom stereocenters. The lowest BCUT2D eigenvalue weighted by atomic mass is 10.0. The van der Waals surface area contributed by atoms with E-state index in [1.165, 1.54) is 11.8 Å². The number of amidine groups is 1. The lowest BCUT2D eigenvalue weighted by Gasteiger charge is -2.14. The molecule has 0 saturated heterocycles. The largest absolute Gasteiger partial charge is 0.496 e. The molecule has 0 aliphatic carbocycles. The molecule has 6 nitrogen and oxygen atoms in total. The smallest absolute Gasteiger partial charge is 0.261 e. The molecule has 0 saturated carbocycles. The van der Waals surface area contributed by atoms with Crippen molar-refractivity contribution in [2.24, 2.45) is 15.9 Å². The maximum absolute atomic E-state index is 12.2. The van der Waals surface area contributed by atoms with E-state index in [2.05, 4.69) is 15.3 Å². The van der Waals surface area contributed by atoms with Gasteiger partial charge in [-0.1, -0.05) is 30.0 Å². The van der Waals surface area contributed by atoms with Gasteiger partial charge < -0.3 is 10.1 Å². The number of benzene rings is 1. The number of rotatable bonds is 7. The summed E-state index contributed by atoms with van der Waals surface area (Å²) in [7, 11) is 1.61. The summed E-state index contributed by atoms with van der Waals surface area (Å²) in [6.07, 6.45) is 0. The summed E-state index contributed by atoms with van der Waals surface area (Å²) in [6, 6.07) is 7.57. The Labute approximate surface area is 166 Å². The minimum absolute atomic E-state index is 0.0808. The molecule has 0 fully saturated rings. The van der Waals surface area contributed by atoms with Gasteiger partial charge in [0, 0.05) is 12.1 Å². The Bertz CT molecular complexity index is 862. The van der Waals surface area contributed by atoms with Gasteiger partial charge in [0.2, 0.25) is 5.91 Å². The number of allylic oxidation sites excluding steroid dienone is 1. The fourth-order valence-corrected chi connectivity index (χ4v) is 4.64. The highest BCUT2D eigenvalue weighted by Crippen LogP contribution is 2.40. The third-order valence-corrected chi connectivity index (χ3v) is 6.44. The summed E-state index contributed by atoms with van der Waals surface area (Å²) < 4.78 is 5.27. The topological polar surface area (TPSA) is 80.1 Å². The lowest BCUT2D eigenvalue weighted by molar-refractivity contribution is -0.119. The third kappa shape index (κ3) is 4.62. The fourth-order valence-electron chi connectivity index (χ4n) is 2.80. The van der Waals surface area contributed by atoms with Crippen molar-refractivity contribution in [2.45, 2.75) is 20.4 Å². The van der Waals surface area contributed by atoms with E-state index in [9.17, 15) is 9.59 Å². The van der Waals surface area contributed by atoms with Crippen molar-refractivity contribution in [3.63, 3.8) is 0 Å². The highest BCUT2D eigenvalue weighted by Gasteiger charge is 2.36. The van der Waals surface area contributed by atoms with E-state index in [0.717, 1.165) is 26.8 Å². The van der Waals surface area contributed by atoms with Crippen LogP contribution in [0.1, 0.15) is 19.4 Å². The number of carbonyl (C=O) groups is 2. The second-order valence-electron chi connectivity index (χ2n) is 6.17. The van der Waals surface area contributed by atoms with Crippen molar-refractivity contribution >= 4 is 46.2 Å². The van der Waals surface area contributed by atoms with Crippen LogP contribution in [0.2, 0.25) is 0 Å². The van der Waals surface area contributed by atoms with Crippen molar-refractivity contribution in [3.05, 3.63) is 40.3 Å². The van der Waals surface area contributed by atoms with E-state index < -0.39 is 0 Å². The van der Waals surface area contributed by atoms with Gasteiger partial charge in [0.25, 0.3) is 5.91 Å². The lowest BCUT2D eigenvalue weighted by Crippen LogP contribution is -2.27. The van der Waals surface area contributed by atoms with Crippen molar-refractivity contribution in [1.29, 1.82) is 0 Å². The van der Waals surface area contributed by atoms with Crippen molar-refractivity contribution in [1.82, 2.24) is 5.32 Å². The molecule has 2 aliphatic heterocycles. The minimum atomic E-state index is -0.298. The Kier molecular flexibility index (Phi) is 6.38. The molecule has 0 aromatic heterocycles. The maximum Gasteiger partial charge on any atom is 0.261 e. The number of methoxy groups -OCH3 is 1. The molecule has 2 heterocycles. The van der Waals surface area contributed by atoms with Gasteiger partial charge >= 0.3 is 0 Å². The highest BCUT2D eigenvalue weighted by atomic mass is 32.2. The quantitative estimate of drug-likeness (QED) is 0.757. The zero-order chi connectivity index (χ0) is 19.4. The van der Waals surface area contributed by atoms with Crippen LogP contribution < -0.4 is 10.1 Å². The second kappa shape index (κ2) is 8.75. The standard InChI is InChI=1S/C19H21N3O3S2/c1-11-12(2)27-19-17(11)18(24)21-15(22-19)9-26-10-16(23)20-8-13-6-4-5-7-14(13)25-3/h4-7,17H,8-10H2,1-3H3,(H,20,23). The van der Waals surface area contributed by atoms with E-state index >= 15 is 0 Å². The SMILES string of the molecule is COc1ccccc1CNC(=O)CSCC1=NC(=O)C2C(=N1)SC(C)=C2C. The fraction of sp³-hybridized carbons (Fsp3) is 0.368. The number of thioether (sulfide) groups is 2. The minimum Gasteiger partial charge on any atom is -0.496 e. The molecule has 2 aliphatic rings.